The van der Waals surface area contributed by atoms with Crippen LogP contribution in [-0.2, 0) is 7.05 Å². The Morgan fingerprint density at radius 3 is 2.50 bits per heavy atom. The van der Waals surface area contributed by atoms with E-state index in [0.29, 0.717) is 11.8 Å². The second kappa shape index (κ2) is 4.97. The highest BCUT2D eigenvalue weighted by molar-refractivity contribution is 6.07. The number of rotatable bonds is 1. The summed E-state index contributed by atoms with van der Waals surface area (Å²) in [4.78, 5) is 14.9. The van der Waals surface area contributed by atoms with Crippen molar-refractivity contribution in [3.8, 4) is 0 Å². The molecule has 106 valence electrons. The van der Waals surface area contributed by atoms with E-state index in [2.05, 4.69) is 19.9 Å². The van der Waals surface area contributed by atoms with E-state index in [1.807, 2.05) is 40.9 Å². The third-order valence-corrected chi connectivity index (χ3v) is 4.28. The number of aromatic nitrogens is 1. The van der Waals surface area contributed by atoms with Gasteiger partial charge in [0.1, 0.15) is 0 Å². The van der Waals surface area contributed by atoms with E-state index >= 15 is 0 Å². The first-order valence-electron chi connectivity index (χ1n) is 7.39. The van der Waals surface area contributed by atoms with Crippen molar-refractivity contribution >= 4 is 16.8 Å². The zero-order chi connectivity index (χ0) is 14.3. The van der Waals surface area contributed by atoms with Gasteiger partial charge in [-0.15, -0.1) is 0 Å². The number of fused-ring (bicyclic) bond motifs is 1. The van der Waals surface area contributed by atoms with E-state index in [1.165, 1.54) is 6.42 Å². The number of nitrogens with zero attached hydrogens (tertiary/aromatic N) is 2. The maximum Gasteiger partial charge on any atom is 0.256 e. The van der Waals surface area contributed by atoms with Gasteiger partial charge in [-0.3, -0.25) is 4.79 Å². The van der Waals surface area contributed by atoms with Crippen LogP contribution in [0.15, 0.2) is 30.5 Å². The van der Waals surface area contributed by atoms with Crippen LogP contribution in [-0.4, -0.2) is 28.5 Å². The lowest BCUT2D eigenvalue weighted by Crippen LogP contribution is -2.42. The molecule has 1 aliphatic rings. The molecule has 1 amide bonds. The van der Waals surface area contributed by atoms with E-state index in [4.69, 9.17) is 0 Å². The summed E-state index contributed by atoms with van der Waals surface area (Å²) in [7, 11) is 2.00. The minimum absolute atomic E-state index is 0.181. The minimum Gasteiger partial charge on any atom is -0.350 e. The van der Waals surface area contributed by atoms with Gasteiger partial charge in [-0.05, 0) is 24.3 Å². The number of aryl methyl sites for hydroxylation is 1. The lowest BCUT2D eigenvalue weighted by molar-refractivity contribution is 0.0625. The maximum atomic E-state index is 12.8. The number of carbonyl (C=O) groups is 1. The van der Waals surface area contributed by atoms with E-state index in [1.54, 1.807) is 0 Å². The fraction of sp³-hybridized carbons (Fsp3) is 0.471. The molecule has 20 heavy (non-hydrogen) atoms. The highest BCUT2D eigenvalue weighted by Crippen LogP contribution is 2.26. The Morgan fingerprint density at radius 1 is 1.15 bits per heavy atom. The first-order chi connectivity index (χ1) is 9.56. The minimum atomic E-state index is 0.181. The van der Waals surface area contributed by atoms with Crippen molar-refractivity contribution in [1.29, 1.82) is 0 Å². The molecular weight excluding hydrogens is 248 g/mol. The van der Waals surface area contributed by atoms with Crippen LogP contribution in [0.2, 0.25) is 0 Å². The predicted octanol–water partition coefficient (Wildman–Crippen LogP) is 3.30. The smallest absolute Gasteiger partial charge is 0.256 e. The van der Waals surface area contributed by atoms with Crippen LogP contribution >= 0.6 is 0 Å². The van der Waals surface area contributed by atoms with Gasteiger partial charge in [0.25, 0.3) is 5.91 Å². The Labute approximate surface area is 120 Å². The number of benzene rings is 1. The third-order valence-electron chi connectivity index (χ3n) is 4.28. The van der Waals surface area contributed by atoms with Gasteiger partial charge in [0.05, 0.1) is 5.56 Å². The molecule has 1 saturated heterocycles. The fourth-order valence-electron chi connectivity index (χ4n) is 3.51. The molecule has 2 atom stereocenters. The van der Waals surface area contributed by atoms with Crippen LogP contribution < -0.4 is 0 Å². The molecule has 0 unspecified atom stereocenters. The molecule has 0 N–H and O–H groups in total. The first-order valence-corrected chi connectivity index (χ1v) is 7.39. The molecule has 1 aliphatic heterocycles. The molecule has 1 aromatic carbocycles. The SMILES string of the molecule is C[C@@H]1C[C@H](C)CN(C(=O)c2cn(C)c3ccccc23)C1. The second-order valence-electron chi connectivity index (χ2n) is 6.33. The lowest BCUT2D eigenvalue weighted by atomic mass is 9.91. The van der Waals surface area contributed by atoms with Gasteiger partial charge >= 0.3 is 0 Å². The Hall–Kier alpha value is -1.77. The zero-order valence-electron chi connectivity index (χ0n) is 12.5. The maximum absolute atomic E-state index is 12.8. The lowest BCUT2D eigenvalue weighted by Gasteiger charge is -2.34. The summed E-state index contributed by atoms with van der Waals surface area (Å²) in [6, 6.07) is 8.12. The number of piperidine rings is 1. The number of hydrogen-bond acceptors (Lipinski definition) is 1. The Balaban J connectivity index is 1.96. The molecule has 0 bridgehead atoms. The molecule has 3 heteroatoms. The van der Waals surface area contributed by atoms with Crippen molar-refractivity contribution in [3.63, 3.8) is 0 Å². The Kier molecular flexibility index (Phi) is 3.28. The molecule has 2 aromatic rings. The largest absolute Gasteiger partial charge is 0.350 e. The number of para-hydroxylation sites is 1. The molecule has 0 saturated carbocycles. The molecule has 0 radical (unpaired) electrons. The monoisotopic (exact) mass is 270 g/mol. The average Bonchev–Trinajstić information content (AvgIpc) is 2.75. The summed E-state index contributed by atoms with van der Waals surface area (Å²) >= 11 is 0. The third kappa shape index (κ3) is 2.21. The molecule has 0 aliphatic carbocycles. The summed E-state index contributed by atoms with van der Waals surface area (Å²) in [5, 5.41) is 1.06. The van der Waals surface area contributed by atoms with Crippen molar-refractivity contribution in [3.05, 3.63) is 36.0 Å². The van der Waals surface area contributed by atoms with Crippen LogP contribution in [0.1, 0.15) is 30.6 Å². The summed E-state index contributed by atoms with van der Waals surface area (Å²) in [5.74, 6) is 1.37. The van der Waals surface area contributed by atoms with E-state index < -0.39 is 0 Å². The summed E-state index contributed by atoms with van der Waals surface area (Å²) in [6.07, 6.45) is 3.19. The number of carbonyl (C=O) groups excluding carboxylic acids is 1. The zero-order valence-corrected chi connectivity index (χ0v) is 12.5. The van der Waals surface area contributed by atoms with Crippen molar-refractivity contribution in [2.75, 3.05) is 13.1 Å². The van der Waals surface area contributed by atoms with Crippen molar-refractivity contribution < 1.29 is 4.79 Å². The molecule has 0 spiro atoms. The fourth-order valence-corrected chi connectivity index (χ4v) is 3.51. The van der Waals surface area contributed by atoms with Crippen molar-refractivity contribution in [2.24, 2.45) is 18.9 Å². The van der Waals surface area contributed by atoms with Gasteiger partial charge in [0.2, 0.25) is 0 Å². The molecule has 1 aromatic heterocycles. The topological polar surface area (TPSA) is 25.2 Å². The van der Waals surface area contributed by atoms with Crippen LogP contribution in [0.5, 0.6) is 0 Å². The molecule has 1 fully saturated rings. The van der Waals surface area contributed by atoms with Gasteiger partial charge in [-0.2, -0.15) is 0 Å². The standard InChI is InChI=1S/C17H22N2O/c1-12-8-13(2)10-19(9-12)17(20)15-11-18(3)16-7-5-4-6-14(15)16/h4-7,11-13H,8-10H2,1-3H3/t12-,13+. The molecule has 3 rings (SSSR count). The Morgan fingerprint density at radius 2 is 1.80 bits per heavy atom. The normalized spacial score (nSPS) is 23.2. The van der Waals surface area contributed by atoms with Crippen LogP contribution in [0.25, 0.3) is 10.9 Å². The average molecular weight is 270 g/mol. The first kappa shape index (κ1) is 13.2. The van der Waals surface area contributed by atoms with Gasteiger partial charge < -0.3 is 9.47 Å². The molecular formula is C17H22N2O. The Bertz CT molecular complexity index is 633. The van der Waals surface area contributed by atoms with Gasteiger partial charge in [0.15, 0.2) is 0 Å². The second-order valence-corrected chi connectivity index (χ2v) is 6.33. The summed E-state index contributed by atoms with van der Waals surface area (Å²) in [6.45, 7) is 6.23. The van der Waals surface area contributed by atoms with E-state index in [0.717, 1.165) is 29.6 Å². The van der Waals surface area contributed by atoms with Crippen molar-refractivity contribution in [1.82, 2.24) is 9.47 Å². The van der Waals surface area contributed by atoms with Gasteiger partial charge in [-0.25, -0.2) is 0 Å². The summed E-state index contributed by atoms with van der Waals surface area (Å²) in [5.41, 5.74) is 1.96. The molecule has 3 nitrogen and oxygen atoms in total. The van der Waals surface area contributed by atoms with Crippen LogP contribution in [0.4, 0.5) is 0 Å². The highest BCUT2D eigenvalue weighted by atomic mass is 16.2. The van der Waals surface area contributed by atoms with E-state index in [-0.39, 0.29) is 5.91 Å². The highest BCUT2D eigenvalue weighted by Gasteiger charge is 2.27. The van der Waals surface area contributed by atoms with Crippen LogP contribution in [0, 0.1) is 11.8 Å². The van der Waals surface area contributed by atoms with Gasteiger partial charge in [-0.1, -0.05) is 32.0 Å². The number of hydrogen-bond donors (Lipinski definition) is 0. The number of amides is 1. The van der Waals surface area contributed by atoms with Crippen molar-refractivity contribution in [2.45, 2.75) is 20.3 Å². The summed E-state index contributed by atoms with van der Waals surface area (Å²) < 4.78 is 2.04. The van der Waals surface area contributed by atoms with Gasteiger partial charge in [0, 0.05) is 37.2 Å². The molecule has 2 heterocycles. The van der Waals surface area contributed by atoms with Crippen LogP contribution in [0.3, 0.4) is 0 Å². The number of likely N-dealkylation sites (tertiary alicyclic amines) is 1. The predicted molar refractivity (Wildman–Crippen MR) is 81.8 cm³/mol. The van der Waals surface area contributed by atoms with E-state index in [9.17, 15) is 4.79 Å². The quantitative estimate of drug-likeness (QED) is 0.780.